The van der Waals surface area contributed by atoms with Crippen LogP contribution in [0.5, 0.6) is 0 Å². The molecule has 16 heavy (non-hydrogen) atoms. The van der Waals surface area contributed by atoms with Crippen molar-refractivity contribution in [3.8, 4) is 0 Å². The fraction of sp³-hybridized carbons (Fsp3) is 0.462. The molecule has 0 radical (unpaired) electrons. The van der Waals surface area contributed by atoms with Gasteiger partial charge in [-0.1, -0.05) is 19.1 Å². The van der Waals surface area contributed by atoms with Crippen LogP contribution in [0, 0.1) is 0 Å². The van der Waals surface area contributed by atoms with Crippen LogP contribution in [0.2, 0.25) is 0 Å². The molecular formula is C13H21N3. The molecule has 1 atom stereocenters. The molecule has 0 aromatic carbocycles. The van der Waals surface area contributed by atoms with Crippen molar-refractivity contribution in [1.82, 2.24) is 10.3 Å². The fourth-order valence-corrected chi connectivity index (χ4v) is 1.76. The Balaban J connectivity index is 2.94. The van der Waals surface area contributed by atoms with Gasteiger partial charge in [0.1, 0.15) is 5.82 Å². The van der Waals surface area contributed by atoms with Gasteiger partial charge in [-0.3, -0.25) is 0 Å². The van der Waals surface area contributed by atoms with E-state index < -0.39 is 0 Å². The molecule has 88 valence electrons. The average Bonchev–Trinajstić information content (AvgIpc) is 2.30. The minimum atomic E-state index is 0.320. The second kappa shape index (κ2) is 6.28. The molecule has 3 nitrogen and oxygen atoms in total. The van der Waals surface area contributed by atoms with Crippen molar-refractivity contribution in [2.75, 3.05) is 25.0 Å². The first-order valence-corrected chi connectivity index (χ1v) is 5.71. The normalized spacial score (nSPS) is 12.2. The van der Waals surface area contributed by atoms with Gasteiger partial charge in [0.05, 0.1) is 0 Å². The van der Waals surface area contributed by atoms with Gasteiger partial charge in [0.15, 0.2) is 0 Å². The van der Waals surface area contributed by atoms with Gasteiger partial charge < -0.3 is 10.2 Å². The zero-order chi connectivity index (χ0) is 12.0. The average molecular weight is 219 g/mol. The molecule has 0 saturated carbocycles. The van der Waals surface area contributed by atoms with Gasteiger partial charge in [0, 0.05) is 31.4 Å². The summed E-state index contributed by atoms with van der Waals surface area (Å²) in [6, 6.07) is 4.42. The first-order chi connectivity index (χ1) is 7.70. The first kappa shape index (κ1) is 12.7. The lowest BCUT2D eigenvalue weighted by atomic mass is 10.1. The second-order valence-electron chi connectivity index (χ2n) is 3.86. The van der Waals surface area contributed by atoms with Crippen LogP contribution in [-0.2, 0) is 0 Å². The molecule has 0 fully saturated rings. The predicted molar refractivity (Wildman–Crippen MR) is 69.8 cm³/mol. The Bertz CT molecular complexity index is 336. The molecule has 0 aliphatic heterocycles. The molecule has 1 N–H and O–H groups in total. The maximum Gasteiger partial charge on any atom is 0.133 e. The minimum Gasteiger partial charge on any atom is -0.356 e. The van der Waals surface area contributed by atoms with Gasteiger partial charge in [0.2, 0.25) is 0 Å². The van der Waals surface area contributed by atoms with Crippen LogP contribution in [0.15, 0.2) is 31.0 Å². The molecule has 1 aromatic rings. The highest BCUT2D eigenvalue weighted by atomic mass is 15.2. The van der Waals surface area contributed by atoms with Crippen molar-refractivity contribution < 1.29 is 0 Å². The van der Waals surface area contributed by atoms with E-state index >= 15 is 0 Å². The van der Waals surface area contributed by atoms with E-state index in [0.717, 1.165) is 18.9 Å². The third-order valence-electron chi connectivity index (χ3n) is 2.56. The molecule has 1 unspecified atom stereocenters. The molecule has 0 bridgehead atoms. The van der Waals surface area contributed by atoms with Crippen LogP contribution < -0.4 is 10.2 Å². The van der Waals surface area contributed by atoms with Crippen molar-refractivity contribution >= 4 is 5.82 Å². The number of anilines is 1. The van der Waals surface area contributed by atoms with E-state index in [-0.39, 0.29) is 0 Å². The van der Waals surface area contributed by atoms with Gasteiger partial charge >= 0.3 is 0 Å². The van der Waals surface area contributed by atoms with Crippen molar-refractivity contribution in [2.24, 2.45) is 0 Å². The van der Waals surface area contributed by atoms with E-state index in [9.17, 15) is 0 Å². The predicted octanol–water partition coefficient (Wildman–Crippen LogP) is 2.37. The molecule has 0 spiro atoms. The Hall–Kier alpha value is -1.35. The van der Waals surface area contributed by atoms with E-state index in [1.54, 1.807) is 0 Å². The summed E-state index contributed by atoms with van der Waals surface area (Å²) in [4.78, 5) is 6.55. The highest BCUT2D eigenvalue weighted by molar-refractivity contribution is 5.48. The van der Waals surface area contributed by atoms with Crippen molar-refractivity contribution in [2.45, 2.75) is 19.9 Å². The molecular weight excluding hydrogens is 198 g/mol. The SMILES string of the molecule is C=CCN(C)c1ncccc1C(C)NCC. The number of nitrogens with one attached hydrogen (secondary N) is 1. The second-order valence-corrected chi connectivity index (χ2v) is 3.86. The molecule has 0 saturated heterocycles. The minimum absolute atomic E-state index is 0.320. The molecule has 3 heteroatoms. The molecule has 1 rings (SSSR count). The Kier molecular flexibility index (Phi) is 4.99. The number of nitrogens with zero attached hydrogens (tertiary/aromatic N) is 2. The highest BCUT2D eigenvalue weighted by Gasteiger charge is 2.12. The molecule has 1 aromatic heterocycles. The highest BCUT2D eigenvalue weighted by Crippen LogP contribution is 2.22. The van der Waals surface area contributed by atoms with E-state index in [2.05, 4.69) is 41.7 Å². The van der Waals surface area contributed by atoms with Gasteiger partial charge in [-0.2, -0.15) is 0 Å². The molecule has 1 heterocycles. The Labute approximate surface area is 98.2 Å². The van der Waals surface area contributed by atoms with E-state index in [1.165, 1.54) is 5.56 Å². The number of rotatable bonds is 6. The maximum absolute atomic E-state index is 4.44. The third kappa shape index (κ3) is 3.07. The molecule has 0 aliphatic rings. The van der Waals surface area contributed by atoms with Crippen molar-refractivity contribution in [1.29, 1.82) is 0 Å². The monoisotopic (exact) mass is 219 g/mol. The third-order valence-corrected chi connectivity index (χ3v) is 2.56. The van der Waals surface area contributed by atoms with Crippen LogP contribution in [0.25, 0.3) is 0 Å². The van der Waals surface area contributed by atoms with Gasteiger partial charge in [0.25, 0.3) is 0 Å². The summed E-state index contributed by atoms with van der Waals surface area (Å²) in [5, 5.41) is 3.41. The van der Waals surface area contributed by atoms with E-state index in [4.69, 9.17) is 0 Å². The first-order valence-electron chi connectivity index (χ1n) is 5.71. The smallest absolute Gasteiger partial charge is 0.133 e. The summed E-state index contributed by atoms with van der Waals surface area (Å²) >= 11 is 0. The Morgan fingerprint density at radius 1 is 1.62 bits per heavy atom. The summed E-state index contributed by atoms with van der Waals surface area (Å²) in [6.07, 6.45) is 3.72. The Morgan fingerprint density at radius 3 is 3.00 bits per heavy atom. The van der Waals surface area contributed by atoms with E-state index in [0.29, 0.717) is 6.04 Å². The van der Waals surface area contributed by atoms with E-state index in [1.807, 2.05) is 25.4 Å². The van der Waals surface area contributed by atoms with Crippen LogP contribution >= 0.6 is 0 Å². The zero-order valence-electron chi connectivity index (χ0n) is 10.4. The van der Waals surface area contributed by atoms with Crippen LogP contribution in [0.3, 0.4) is 0 Å². The van der Waals surface area contributed by atoms with Crippen molar-refractivity contribution in [3.05, 3.63) is 36.5 Å². The number of hydrogen-bond acceptors (Lipinski definition) is 3. The van der Waals surface area contributed by atoms with Crippen molar-refractivity contribution in [3.63, 3.8) is 0 Å². The van der Waals surface area contributed by atoms with Gasteiger partial charge in [-0.25, -0.2) is 4.98 Å². The number of likely N-dealkylation sites (N-methyl/N-ethyl adjacent to an activating group) is 1. The number of pyridine rings is 1. The summed E-state index contributed by atoms with van der Waals surface area (Å²) in [6.45, 7) is 9.79. The van der Waals surface area contributed by atoms with Crippen LogP contribution in [0.1, 0.15) is 25.5 Å². The maximum atomic E-state index is 4.44. The quantitative estimate of drug-likeness (QED) is 0.745. The topological polar surface area (TPSA) is 28.2 Å². The molecule has 0 aliphatic carbocycles. The largest absolute Gasteiger partial charge is 0.356 e. The van der Waals surface area contributed by atoms with Gasteiger partial charge in [-0.05, 0) is 19.5 Å². The Morgan fingerprint density at radius 2 is 2.38 bits per heavy atom. The fourth-order valence-electron chi connectivity index (χ4n) is 1.76. The summed E-state index contributed by atoms with van der Waals surface area (Å²) in [7, 11) is 2.03. The standard InChI is InChI=1S/C13H21N3/c1-5-10-16(4)13-12(8-7-9-15-13)11(3)14-6-2/h5,7-9,11,14H,1,6,10H2,2-4H3. The van der Waals surface area contributed by atoms with Gasteiger partial charge in [-0.15, -0.1) is 6.58 Å². The lowest BCUT2D eigenvalue weighted by molar-refractivity contribution is 0.595. The van der Waals surface area contributed by atoms with Crippen LogP contribution in [-0.4, -0.2) is 25.1 Å². The number of aromatic nitrogens is 1. The lowest BCUT2D eigenvalue weighted by Gasteiger charge is -2.22. The summed E-state index contributed by atoms with van der Waals surface area (Å²) in [5.41, 5.74) is 1.23. The summed E-state index contributed by atoms with van der Waals surface area (Å²) < 4.78 is 0. The van der Waals surface area contributed by atoms with Crippen LogP contribution in [0.4, 0.5) is 5.82 Å². The lowest BCUT2D eigenvalue weighted by Crippen LogP contribution is -2.24. The summed E-state index contributed by atoms with van der Waals surface area (Å²) in [5.74, 6) is 1.02. The molecule has 0 amide bonds. The zero-order valence-corrected chi connectivity index (χ0v) is 10.4. The number of hydrogen-bond donors (Lipinski definition) is 1.